The smallest absolute Gasteiger partial charge is 0.161 e. The third kappa shape index (κ3) is 5.12. The molecule has 0 saturated heterocycles. The largest absolute Gasteiger partial charge is 0.493 e. The first kappa shape index (κ1) is 17.6. The predicted octanol–water partition coefficient (Wildman–Crippen LogP) is 4.56. The molecule has 0 radical (unpaired) electrons. The molecule has 124 valence electrons. The Kier molecular flexibility index (Phi) is 6.25. The molecule has 23 heavy (non-hydrogen) atoms. The summed E-state index contributed by atoms with van der Waals surface area (Å²) in [7, 11) is 1.63. The lowest BCUT2D eigenvalue weighted by Crippen LogP contribution is -2.13. The Morgan fingerprint density at radius 2 is 1.70 bits per heavy atom. The van der Waals surface area contributed by atoms with E-state index in [1.54, 1.807) is 19.2 Å². The van der Waals surface area contributed by atoms with Crippen molar-refractivity contribution in [1.82, 2.24) is 5.32 Å². The first-order valence-corrected chi connectivity index (χ1v) is 7.85. The summed E-state index contributed by atoms with van der Waals surface area (Å²) in [6, 6.07) is 10.6. The molecule has 3 nitrogen and oxygen atoms in total. The van der Waals surface area contributed by atoms with E-state index in [2.05, 4.69) is 5.32 Å². The Balaban J connectivity index is 1.96. The minimum Gasteiger partial charge on any atom is -0.493 e. The summed E-state index contributed by atoms with van der Waals surface area (Å²) in [5, 5.41) is 3.44. The van der Waals surface area contributed by atoms with Gasteiger partial charge in [-0.2, -0.15) is 0 Å². The maximum absolute atomic E-state index is 13.1. The molecule has 5 heteroatoms. The van der Waals surface area contributed by atoms with Crippen molar-refractivity contribution in [2.75, 3.05) is 7.11 Å². The number of halogens is 2. The number of ether oxygens (including phenoxy) is 2. The Bertz CT molecular complexity index is 661. The highest BCUT2D eigenvalue weighted by molar-refractivity contribution is 6.30. The summed E-state index contributed by atoms with van der Waals surface area (Å²) in [5.41, 5.74) is 2.01. The van der Waals surface area contributed by atoms with Gasteiger partial charge in [-0.25, -0.2) is 4.39 Å². The summed E-state index contributed by atoms with van der Waals surface area (Å²) in [6.45, 7) is 5.21. The van der Waals surface area contributed by atoms with Gasteiger partial charge in [-0.05, 0) is 49.2 Å². The van der Waals surface area contributed by atoms with E-state index in [-0.39, 0.29) is 11.1 Å². The van der Waals surface area contributed by atoms with E-state index in [1.165, 1.54) is 6.07 Å². The number of rotatable bonds is 7. The normalized spacial score (nSPS) is 10.9. The maximum atomic E-state index is 13.1. The molecule has 0 aliphatic carbocycles. The molecule has 0 spiro atoms. The monoisotopic (exact) mass is 337 g/mol. The van der Waals surface area contributed by atoms with Gasteiger partial charge in [-0.15, -0.1) is 0 Å². The number of benzene rings is 2. The molecule has 0 bridgehead atoms. The maximum Gasteiger partial charge on any atom is 0.161 e. The minimum absolute atomic E-state index is 0.0936. The van der Waals surface area contributed by atoms with Crippen LogP contribution in [0.5, 0.6) is 11.5 Å². The van der Waals surface area contributed by atoms with Gasteiger partial charge < -0.3 is 14.8 Å². The van der Waals surface area contributed by atoms with E-state index >= 15 is 0 Å². The van der Waals surface area contributed by atoms with Gasteiger partial charge >= 0.3 is 0 Å². The van der Waals surface area contributed by atoms with Crippen molar-refractivity contribution in [2.45, 2.75) is 33.0 Å². The van der Waals surface area contributed by atoms with Crippen LogP contribution in [0.15, 0.2) is 36.4 Å². The van der Waals surface area contributed by atoms with E-state index in [1.807, 2.05) is 32.0 Å². The van der Waals surface area contributed by atoms with Crippen LogP contribution >= 0.6 is 11.6 Å². The molecule has 2 rings (SSSR count). The highest BCUT2D eigenvalue weighted by Crippen LogP contribution is 2.29. The van der Waals surface area contributed by atoms with Crippen LogP contribution in [0.25, 0.3) is 0 Å². The number of methoxy groups -OCH3 is 1. The highest BCUT2D eigenvalue weighted by atomic mass is 35.5. The first-order valence-electron chi connectivity index (χ1n) is 7.48. The molecule has 0 unspecified atom stereocenters. The average molecular weight is 338 g/mol. The predicted molar refractivity (Wildman–Crippen MR) is 90.7 cm³/mol. The zero-order valence-electron chi connectivity index (χ0n) is 13.5. The fourth-order valence-corrected chi connectivity index (χ4v) is 2.38. The van der Waals surface area contributed by atoms with Gasteiger partial charge in [0.15, 0.2) is 11.5 Å². The highest BCUT2D eigenvalue weighted by Gasteiger charge is 2.07. The second-order valence-corrected chi connectivity index (χ2v) is 5.91. The molecule has 0 fully saturated rings. The number of hydrogen-bond donors (Lipinski definition) is 1. The van der Waals surface area contributed by atoms with Crippen LogP contribution in [0.3, 0.4) is 0 Å². The molecule has 0 heterocycles. The van der Waals surface area contributed by atoms with Gasteiger partial charge in [0.2, 0.25) is 0 Å². The van der Waals surface area contributed by atoms with Gasteiger partial charge in [0, 0.05) is 13.1 Å². The van der Waals surface area contributed by atoms with Crippen LogP contribution in [0, 0.1) is 5.82 Å². The van der Waals surface area contributed by atoms with Crippen molar-refractivity contribution in [2.24, 2.45) is 0 Å². The molecule has 0 saturated carbocycles. The number of hydrogen-bond acceptors (Lipinski definition) is 3. The molecule has 0 aliphatic rings. The lowest BCUT2D eigenvalue weighted by Gasteiger charge is -2.14. The molecular weight excluding hydrogens is 317 g/mol. The molecule has 0 aromatic heterocycles. The molecular formula is C18H21ClFNO2. The van der Waals surface area contributed by atoms with Crippen molar-refractivity contribution in [1.29, 1.82) is 0 Å². The zero-order chi connectivity index (χ0) is 16.8. The van der Waals surface area contributed by atoms with Crippen molar-refractivity contribution in [3.63, 3.8) is 0 Å². The standard InChI is InChI=1S/C18H21ClFNO2/c1-12(2)23-17-7-5-14(9-18(17)22-3)11-21-10-13-4-6-16(20)15(19)8-13/h4-9,12,21H,10-11H2,1-3H3. The first-order chi connectivity index (χ1) is 11.0. The summed E-state index contributed by atoms with van der Waals surface area (Å²) in [6.07, 6.45) is 0.0936. The van der Waals surface area contributed by atoms with Crippen LogP contribution in [0.4, 0.5) is 4.39 Å². The third-order valence-electron chi connectivity index (χ3n) is 3.23. The Hall–Kier alpha value is -1.78. The fourth-order valence-electron chi connectivity index (χ4n) is 2.17. The van der Waals surface area contributed by atoms with Gasteiger partial charge in [-0.3, -0.25) is 0 Å². The van der Waals surface area contributed by atoms with Gasteiger partial charge in [0.25, 0.3) is 0 Å². The molecule has 2 aromatic rings. The summed E-state index contributed by atoms with van der Waals surface area (Å²) >= 11 is 5.78. The van der Waals surface area contributed by atoms with Crippen molar-refractivity contribution < 1.29 is 13.9 Å². The van der Waals surface area contributed by atoms with E-state index in [4.69, 9.17) is 21.1 Å². The van der Waals surface area contributed by atoms with Crippen LogP contribution in [0.1, 0.15) is 25.0 Å². The lowest BCUT2D eigenvalue weighted by atomic mass is 10.2. The Labute approximate surface area is 141 Å². The van der Waals surface area contributed by atoms with Crippen molar-refractivity contribution >= 4 is 11.6 Å². The zero-order valence-corrected chi connectivity index (χ0v) is 14.3. The van der Waals surface area contributed by atoms with E-state index < -0.39 is 5.82 Å². The average Bonchev–Trinajstić information content (AvgIpc) is 2.51. The van der Waals surface area contributed by atoms with Gasteiger partial charge in [-0.1, -0.05) is 23.7 Å². The van der Waals surface area contributed by atoms with Crippen molar-refractivity contribution in [3.05, 3.63) is 58.4 Å². The van der Waals surface area contributed by atoms with Crippen molar-refractivity contribution in [3.8, 4) is 11.5 Å². The molecule has 0 aliphatic heterocycles. The van der Waals surface area contributed by atoms with Crippen LogP contribution in [0.2, 0.25) is 5.02 Å². The number of nitrogens with one attached hydrogen (secondary N) is 1. The van der Waals surface area contributed by atoms with E-state index in [9.17, 15) is 4.39 Å². The molecule has 0 atom stereocenters. The van der Waals surface area contributed by atoms with Crippen LogP contribution < -0.4 is 14.8 Å². The third-order valence-corrected chi connectivity index (χ3v) is 3.52. The van der Waals surface area contributed by atoms with Crippen LogP contribution in [-0.2, 0) is 13.1 Å². The summed E-state index contributed by atoms with van der Waals surface area (Å²) in [5.74, 6) is 1.04. The Morgan fingerprint density at radius 3 is 2.30 bits per heavy atom. The van der Waals surface area contributed by atoms with Gasteiger partial charge in [0.1, 0.15) is 5.82 Å². The van der Waals surface area contributed by atoms with Gasteiger partial charge in [0.05, 0.1) is 18.2 Å². The molecule has 2 aromatic carbocycles. The second kappa shape index (κ2) is 8.18. The quantitative estimate of drug-likeness (QED) is 0.803. The SMILES string of the molecule is COc1cc(CNCc2ccc(F)c(Cl)c2)ccc1OC(C)C. The lowest BCUT2D eigenvalue weighted by molar-refractivity contribution is 0.230. The second-order valence-electron chi connectivity index (χ2n) is 5.50. The minimum atomic E-state index is -0.402. The summed E-state index contributed by atoms with van der Waals surface area (Å²) < 4.78 is 24.2. The topological polar surface area (TPSA) is 30.5 Å². The fraction of sp³-hybridized carbons (Fsp3) is 0.333. The van der Waals surface area contributed by atoms with E-state index in [0.717, 1.165) is 16.9 Å². The van der Waals surface area contributed by atoms with Crippen LogP contribution in [-0.4, -0.2) is 13.2 Å². The van der Waals surface area contributed by atoms with E-state index in [0.29, 0.717) is 18.8 Å². The Morgan fingerprint density at radius 1 is 1.04 bits per heavy atom. The summed E-state index contributed by atoms with van der Waals surface area (Å²) in [4.78, 5) is 0. The molecule has 1 N–H and O–H groups in total. The molecule has 0 amide bonds.